The number of nitrogens with zero attached hydrogens (tertiary/aromatic N) is 1. The first-order valence-electron chi connectivity index (χ1n) is 7.10. The third kappa shape index (κ3) is 2.79. The number of amides is 1. The van der Waals surface area contributed by atoms with Crippen molar-refractivity contribution in [3.63, 3.8) is 0 Å². The molecule has 2 aromatic rings. The molecule has 1 aliphatic rings. The van der Waals surface area contributed by atoms with Crippen molar-refractivity contribution in [3.8, 4) is 0 Å². The number of fused-ring (bicyclic) bond motifs is 1. The van der Waals surface area contributed by atoms with Gasteiger partial charge < -0.3 is 5.73 Å². The zero-order valence-corrected chi connectivity index (χ0v) is 13.0. The molecule has 0 atom stereocenters. The highest BCUT2D eigenvalue weighted by atomic mass is 32.2. The van der Waals surface area contributed by atoms with Crippen LogP contribution in [-0.2, 0) is 16.4 Å². The minimum Gasteiger partial charge on any atom is -0.366 e. The summed E-state index contributed by atoms with van der Waals surface area (Å²) < 4.78 is 39.9. The summed E-state index contributed by atoms with van der Waals surface area (Å²) in [5, 5.41) is 0. The number of anilines is 1. The zero-order chi connectivity index (χ0) is 16.6. The molecule has 0 radical (unpaired) electrons. The fraction of sp³-hybridized carbons (Fsp3) is 0.188. The Labute approximate surface area is 133 Å². The smallest absolute Gasteiger partial charge is 0.264 e. The molecule has 0 unspecified atom stereocenters. The van der Waals surface area contributed by atoms with Gasteiger partial charge in [-0.05, 0) is 60.9 Å². The molecule has 0 aromatic heterocycles. The molecule has 2 N–H and O–H groups in total. The summed E-state index contributed by atoms with van der Waals surface area (Å²) >= 11 is 0. The van der Waals surface area contributed by atoms with E-state index in [1.807, 2.05) is 0 Å². The quantitative estimate of drug-likeness (QED) is 0.933. The first-order chi connectivity index (χ1) is 10.9. The summed E-state index contributed by atoms with van der Waals surface area (Å²) in [5.74, 6) is -1.04. The monoisotopic (exact) mass is 334 g/mol. The van der Waals surface area contributed by atoms with E-state index in [0.29, 0.717) is 30.6 Å². The molecule has 0 bridgehead atoms. The first kappa shape index (κ1) is 15.5. The average Bonchev–Trinajstić information content (AvgIpc) is 2.54. The van der Waals surface area contributed by atoms with Gasteiger partial charge in [-0.25, -0.2) is 12.8 Å². The lowest BCUT2D eigenvalue weighted by Gasteiger charge is -2.30. The number of hydrogen-bond acceptors (Lipinski definition) is 3. The zero-order valence-electron chi connectivity index (χ0n) is 12.2. The van der Waals surface area contributed by atoms with Crippen molar-refractivity contribution in [1.29, 1.82) is 0 Å². The standard InChI is InChI=1S/C16H15FN2O3S/c17-13-4-6-14(7-5-13)23(21,22)19-9-1-2-11-10-12(16(18)20)3-8-15(11)19/h3-8,10H,1-2,9H2,(H2,18,20). The first-order valence-corrected chi connectivity index (χ1v) is 8.54. The Kier molecular flexibility index (Phi) is 3.81. The van der Waals surface area contributed by atoms with Gasteiger partial charge in [0.25, 0.3) is 10.0 Å². The molecule has 0 fully saturated rings. The number of hydrogen-bond donors (Lipinski definition) is 1. The van der Waals surface area contributed by atoms with E-state index >= 15 is 0 Å². The van der Waals surface area contributed by atoms with Crippen LogP contribution in [0.5, 0.6) is 0 Å². The SMILES string of the molecule is NC(=O)c1ccc2c(c1)CCCN2S(=O)(=O)c1ccc(F)cc1. The Hall–Kier alpha value is -2.41. The maximum atomic E-state index is 13.0. The maximum absolute atomic E-state index is 13.0. The normalized spacial score (nSPS) is 14.4. The van der Waals surface area contributed by atoms with Crippen LogP contribution in [0.4, 0.5) is 10.1 Å². The summed E-state index contributed by atoms with van der Waals surface area (Å²) in [5.41, 5.74) is 6.91. The second-order valence-corrected chi connectivity index (χ2v) is 7.20. The second kappa shape index (κ2) is 5.66. The van der Waals surface area contributed by atoms with Crippen LogP contribution in [0, 0.1) is 5.82 Å². The van der Waals surface area contributed by atoms with E-state index < -0.39 is 21.7 Å². The Balaban J connectivity index is 2.06. The number of sulfonamides is 1. The number of halogens is 1. The van der Waals surface area contributed by atoms with Gasteiger partial charge >= 0.3 is 0 Å². The predicted octanol–water partition coefficient (Wildman–Crippen LogP) is 2.07. The van der Waals surface area contributed by atoms with Crippen LogP contribution in [0.25, 0.3) is 0 Å². The summed E-state index contributed by atoms with van der Waals surface area (Å²) in [4.78, 5) is 11.3. The van der Waals surface area contributed by atoms with Crippen molar-refractivity contribution in [2.75, 3.05) is 10.8 Å². The number of benzene rings is 2. The number of primary amides is 1. The topological polar surface area (TPSA) is 80.5 Å². The van der Waals surface area contributed by atoms with Crippen molar-refractivity contribution in [2.24, 2.45) is 5.73 Å². The van der Waals surface area contributed by atoms with Crippen molar-refractivity contribution in [2.45, 2.75) is 17.7 Å². The summed E-state index contributed by atoms with van der Waals surface area (Å²) in [6.07, 6.45) is 1.31. The molecule has 1 amide bonds. The predicted molar refractivity (Wildman–Crippen MR) is 84.2 cm³/mol. The number of carbonyl (C=O) groups excluding carboxylic acids is 1. The van der Waals surface area contributed by atoms with Gasteiger partial charge in [0.05, 0.1) is 10.6 Å². The fourth-order valence-corrected chi connectivity index (χ4v) is 4.24. The van der Waals surface area contributed by atoms with Gasteiger partial charge in [0.2, 0.25) is 5.91 Å². The van der Waals surface area contributed by atoms with Gasteiger partial charge in [-0.3, -0.25) is 9.10 Å². The molecule has 120 valence electrons. The largest absolute Gasteiger partial charge is 0.366 e. The van der Waals surface area contributed by atoms with Gasteiger partial charge in [0, 0.05) is 12.1 Å². The highest BCUT2D eigenvalue weighted by Crippen LogP contribution is 2.32. The van der Waals surface area contributed by atoms with Gasteiger partial charge in [-0.2, -0.15) is 0 Å². The van der Waals surface area contributed by atoms with E-state index in [0.717, 1.165) is 17.7 Å². The van der Waals surface area contributed by atoms with Crippen LogP contribution in [0.2, 0.25) is 0 Å². The van der Waals surface area contributed by atoms with Gasteiger partial charge in [0.1, 0.15) is 5.82 Å². The Morgan fingerprint density at radius 2 is 1.83 bits per heavy atom. The van der Waals surface area contributed by atoms with Crippen LogP contribution in [0.1, 0.15) is 22.3 Å². The number of carbonyl (C=O) groups is 1. The van der Waals surface area contributed by atoms with Gasteiger partial charge in [0.15, 0.2) is 0 Å². The second-order valence-electron chi connectivity index (χ2n) is 5.34. The number of nitrogens with two attached hydrogens (primary N) is 1. The third-order valence-electron chi connectivity index (χ3n) is 3.84. The molecule has 2 aromatic carbocycles. The summed E-state index contributed by atoms with van der Waals surface area (Å²) in [6.45, 7) is 0.336. The van der Waals surface area contributed by atoms with E-state index in [1.165, 1.54) is 22.5 Å². The molecule has 0 saturated heterocycles. The average molecular weight is 334 g/mol. The van der Waals surface area contributed by atoms with Crippen molar-refractivity contribution in [1.82, 2.24) is 0 Å². The van der Waals surface area contributed by atoms with E-state index in [2.05, 4.69) is 0 Å². The molecule has 5 nitrogen and oxygen atoms in total. The molecular formula is C16H15FN2O3S. The number of aryl methyl sites for hydroxylation is 1. The summed E-state index contributed by atoms with van der Waals surface area (Å²) in [7, 11) is -3.77. The molecule has 7 heteroatoms. The highest BCUT2D eigenvalue weighted by Gasteiger charge is 2.29. The van der Waals surface area contributed by atoms with Crippen LogP contribution in [0.3, 0.4) is 0 Å². The van der Waals surface area contributed by atoms with E-state index in [-0.39, 0.29) is 4.90 Å². The fourth-order valence-electron chi connectivity index (χ4n) is 2.70. The Bertz CT molecular complexity index is 863. The van der Waals surface area contributed by atoms with Crippen molar-refractivity contribution in [3.05, 3.63) is 59.4 Å². The summed E-state index contributed by atoms with van der Waals surface area (Å²) in [6, 6.07) is 9.47. The minimum absolute atomic E-state index is 0.0331. The van der Waals surface area contributed by atoms with E-state index in [4.69, 9.17) is 5.73 Å². The van der Waals surface area contributed by atoms with E-state index in [9.17, 15) is 17.6 Å². The van der Waals surface area contributed by atoms with E-state index in [1.54, 1.807) is 12.1 Å². The molecule has 3 rings (SSSR count). The van der Waals surface area contributed by atoms with Crippen LogP contribution in [-0.4, -0.2) is 20.9 Å². The maximum Gasteiger partial charge on any atom is 0.264 e. The molecule has 0 spiro atoms. The lowest BCUT2D eigenvalue weighted by atomic mass is 10.0. The molecule has 1 aliphatic heterocycles. The minimum atomic E-state index is -3.77. The van der Waals surface area contributed by atoms with Crippen LogP contribution < -0.4 is 10.0 Å². The van der Waals surface area contributed by atoms with Crippen LogP contribution >= 0.6 is 0 Å². The Morgan fingerprint density at radius 3 is 2.48 bits per heavy atom. The molecule has 0 saturated carbocycles. The third-order valence-corrected chi connectivity index (χ3v) is 5.67. The lowest BCUT2D eigenvalue weighted by Crippen LogP contribution is -2.35. The molecular weight excluding hydrogens is 319 g/mol. The highest BCUT2D eigenvalue weighted by molar-refractivity contribution is 7.92. The van der Waals surface area contributed by atoms with Crippen molar-refractivity contribution >= 4 is 21.6 Å². The van der Waals surface area contributed by atoms with Crippen molar-refractivity contribution < 1.29 is 17.6 Å². The van der Waals surface area contributed by atoms with Gasteiger partial charge in [-0.1, -0.05) is 0 Å². The number of rotatable bonds is 3. The molecule has 23 heavy (non-hydrogen) atoms. The lowest BCUT2D eigenvalue weighted by molar-refractivity contribution is 0.1000. The van der Waals surface area contributed by atoms with Gasteiger partial charge in [-0.15, -0.1) is 0 Å². The molecule has 1 heterocycles. The molecule has 0 aliphatic carbocycles. The van der Waals surface area contributed by atoms with Crippen LogP contribution in [0.15, 0.2) is 47.4 Å². The Morgan fingerprint density at radius 1 is 1.13 bits per heavy atom.